The van der Waals surface area contributed by atoms with E-state index in [4.69, 9.17) is 0 Å². The Hall–Kier alpha value is -0.410. The molecule has 1 atom stereocenters. The summed E-state index contributed by atoms with van der Waals surface area (Å²) in [7, 11) is 0. The summed E-state index contributed by atoms with van der Waals surface area (Å²) in [5.41, 5.74) is 1.02. The Bertz CT molecular complexity index is 371. The van der Waals surface area contributed by atoms with Crippen LogP contribution in [0.5, 0.6) is 0 Å². The van der Waals surface area contributed by atoms with E-state index in [-0.39, 0.29) is 17.3 Å². The molecule has 1 rings (SSSR count). The van der Waals surface area contributed by atoms with Gasteiger partial charge >= 0.3 is 0 Å². The summed E-state index contributed by atoms with van der Waals surface area (Å²) in [6, 6.07) is 4.75. The number of benzene rings is 1. The van der Waals surface area contributed by atoms with Crippen LogP contribution >= 0.6 is 15.9 Å². The molecule has 0 aliphatic heterocycles. The van der Waals surface area contributed by atoms with Gasteiger partial charge in [0.15, 0.2) is 0 Å². The van der Waals surface area contributed by atoms with E-state index in [1.54, 1.807) is 6.07 Å². The first-order valence-corrected chi connectivity index (χ1v) is 6.72. The van der Waals surface area contributed by atoms with E-state index in [2.05, 4.69) is 15.9 Å². The highest BCUT2D eigenvalue weighted by atomic mass is 79.9. The fourth-order valence-electron chi connectivity index (χ4n) is 1.64. The van der Waals surface area contributed by atoms with Crippen LogP contribution in [0, 0.1) is 11.2 Å². The second-order valence-electron chi connectivity index (χ2n) is 5.51. The van der Waals surface area contributed by atoms with Gasteiger partial charge in [0.25, 0.3) is 0 Å². The van der Waals surface area contributed by atoms with E-state index >= 15 is 0 Å². The zero-order valence-corrected chi connectivity index (χ0v) is 12.2. The standard InChI is InChI=1S/C14H20BrFO/c1-14(2,3)13(17)6-4-5-10-7-8-11(16)9-12(10)15/h7-9,13,17H,4-6H2,1-3H3. The summed E-state index contributed by atoms with van der Waals surface area (Å²) < 4.78 is 13.7. The monoisotopic (exact) mass is 302 g/mol. The van der Waals surface area contributed by atoms with Crippen LogP contribution in [-0.2, 0) is 6.42 Å². The maximum absolute atomic E-state index is 12.9. The van der Waals surface area contributed by atoms with E-state index in [0.29, 0.717) is 0 Å². The van der Waals surface area contributed by atoms with Crippen LogP contribution in [0.2, 0.25) is 0 Å². The average molecular weight is 303 g/mol. The van der Waals surface area contributed by atoms with Crippen molar-refractivity contribution in [2.75, 3.05) is 0 Å². The second kappa shape index (κ2) is 5.96. The molecule has 0 aliphatic rings. The lowest BCUT2D eigenvalue weighted by molar-refractivity contribution is 0.0540. The van der Waals surface area contributed by atoms with Crippen molar-refractivity contribution in [2.45, 2.75) is 46.1 Å². The van der Waals surface area contributed by atoms with Gasteiger partial charge in [0.1, 0.15) is 5.82 Å². The average Bonchev–Trinajstić information content (AvgIpc) is 2.19. The molecule has 0 radical (unpaired) electrons. The quantitative estimate of drug-likeness (QED) is 0.878. The molecule has 3 heteroatoms. The van der Waals surface area contributed by atoms with Crippen molar-refractivity contribution < 1.29 is 9.50 Å². The van der Waals surface area contributed by atoms with Gasteiger partial charge in [-0.2, -0.15) is 0 Å². The lowest BCUT2D eigenvalue weighted by atomic mass is 9.86. The van der Waals surface area contributed by atoms with Crippen molar-refractivity contribution in [1.29, 1.82) is 0 Å². The van der Waals surface area contributed by atoms with E-state index in [1.807, 2.05) is 20.8 Å². The molecule has 0 spiro atoms. The number of rotatable bonds is 4. The van der Waals surface area contributed by atoms with Gasteiger partial charge in [-0.1, -0.05) is 42.8 Å². The SMILES string of the molecule is CC(C)(C)C(O)CCCc1ccc(F)cc1Br. The molecule has 0 aromatic heterocycles. The predicted molar refractivity (Wildman–Crippen MR) is 72.5 cm³/mol. The molecule has 0 heterocycles. The molecule has 17 heavy (non-hydrogen) atoms. The van der Waals surface area contributed by atoms with Gasteiger partial charge < -0.3 is 5.11 Å². The number of aliphatic hydroxyl groups is 1. The first-order valence-electron chi connectivity index (χ1n) is 5.92. The van der Waals surface area contributed by atoms with Gasteiger partial charge in [-0.05, 0) is 42.4 Å². The van der Waals surface area contributed by atoms with Gasteiger partial charge in [0, 0.05) is 4.47 Å². The molecule has 1 aromatic rings. The lowest BCUT2D eigenvalue weighted by Crippen LogP contribution is -2.25. The fraction of sp³-hybridized carbons (Fsp3) is 0.571. The molecule has 96 valence electrons. The highest BCUT2D eigenvalue weighted by molar-refractivity contribution is 9.10. The summed E-state index contributed by atoms with van der Waals surface area (Å²) in [6.07, 6.45) is 2.24. The van der Waals surface area contributed by atoms with Crippen LogP contribution in [0.4, 0.5) is 4.39 Å². The van der Waals surface area contributed by atoms with Crippen molar-refractivity contribution in [3.8, 4) is 0 Å². The smallest absolute Gasteiger partial charge is 0.124 e. The van der Waals surface area contributed by atoms with Crippen molar-refractivity contribution in [3.63, 3.8) is 0 Å². The third kappa shape index (κ3) is 4.76. The molecule has 0 bridgehead atoms. The minimum absolute atomic E-state index is 0.0694. The second-order valence-corrected chi connectivity index (χ2v) is 6.36. The van der Waals surface area contributed by atoms with E-state index in [0.717, 1.165) is 29.3 Å². The van der Waals surface area contributed by atoms with Gasteiger partial charge in [-0.15, -0.1) is 0 Å². The molecule has 1 aromatic carbocycles. The molecule has 1 N–H and O–H groups in total. The van der Waals surface area contributed by atoms with Crippen LogP contribution in [-0.4, -0.2) is 11.2 Å². The van der Waals surface area contributed by atoms with E-state index < -0.39 is 0 Å². The normalized spacial score (nSPS) is 13.8. The van der Waals surface area contributed by atoms with E-state index in [9.17, 15) is 9.50 Å². The molecule has 0 saturated heterocycles. The zero-order valence-electron chi connectivity index (χ0n) is 10.6. The molecule has 0 saturated carbocycles. The number of aryl methyl sites for hydroxylation is 1. The molecular formula is C14H20BrFO. The summed E-state index contributed by atoms with van der Waals surface area (Å²) in [6.45, 7) is 6.10. The zero-order chi connectivity index (χ0) is 13.1. The predicted octanol–water partition coefficient (Wildman–Crippen LogP) is 4.32. The van der Waals surface area contributed by atoms with Crippen molar-refractivity contribution >= 4 is 15.9 Å². The van der Waals surface area contributed by atoms with Crippen molar-refractivity contribution in [3.05, 3.63) is 34.1 Å². The maximum atomic E-state index is 12.9. The Morgan fingerprint density at radius 3 is 2.53 bits per heavy atom. The van der Waals surface area contributed by atoms with Crippen molar-refractivity contribution in [2.24, 2.45) is 5.41 Å². The largest absolute Gasteiger partial charge is 0.393 e. The number of hydrogen-bond donors (Lipinski definition) is 1. The third-order valence-corrected chi connectivity index (χ3v) is 3.68. The first kappa shape index (κ1) is 14.7. The van der Waals surface area contributed by atoms with E-state index in [1.165, 1.54) is 12.1 Å². The number of hydrogen-bond acceptors (Lipinski definition) is 1. The number of aliphatic hydroxyl groups excluding tert-OH is 1. The third-order valence-electron chi connectivity index (χ3n) is 2.94. The van der Waals surface area contributed by atoms with Crippen LogP contribution in [0.3, 0.4) is 0 Å². The summed E-state index contributed by atoms with van der Waals surface area (Å²) in [5, 5.41) is 9.91. The van der Waals surface area contributed by atoms with Crippen LogP contribution in [0.25, 0.3) is 0 Å². The van der Waals surface area contributed by atoms with Gasteiger partial charge in [0.2, 0.25) is 0 Å². The Labute approximate surface area is 111 Å². The van der Waals surface area contributed by atoms with Gasteiger partial charge in [0.05, 0.1) is 6.10 Å². The fourth-order valence-corrected chi connectivity index (χ4v) is 2.19. The Kier molecular flexibility index (Phi) is 5.14. The highest BCUT2D eigenvalue weighted by Crippen LogP contribution is 2.25. The molecule has 1 nitrogen and oxygen atoms in total. The first-order chi connectivity index (χ1) is 7.80. The van der Waals surface area contributed by atoms with Crippen LogP contribution in [0.1, 0.15) is 39.2 Å². The number of halogens is 2. The molecule has 0 amide bonds. The summed E-state index contributed by atoms with van der Waals surface area (Å²) >= 11 is 3.35. The summed E-state index contributed by atoms with van der Waals surface area (Å²) in [5.74, 6) is -0.227. The Balaban J connectivity index is 2.46. The minimum atomic E-state index is -0.290. The molecule has 0 aliphatic carbocycles. The van der Waals surface area contributed by atoms with Crippen LogP contribution in [0.15, 0.2) is 22.7 Å². The Morgan fingerprint density at radius 1 is 1.35 bits per heavy atom. The molecule has 0 fully saturated rings. The maximum Gasteiger partial charge on any atom is 0.124 e. The van der Waals surface area contributed by atoms with Gasteiger partial charge in [-0.25, -0.2) is 4.39 Å². The molecule has 1 unspecified atom stereocenters. The Morgan fingerprint density at radius 2 is 2.00 bits per heavy atom. The van der Waals surface area contributed by atoms with Crippen LogP contribution < -0.4 is 0 Å². The lowest BCUT2D eigenvalue weighted by Gasteiger charge is -2.25. The van der Waals surface area contributed by atoms with Crippen molar-refractivity contribution in [1.82, 2.24) is 0 Å². The highest BCUT2D eigenvalue weighted by Gasteiger charge is 2.21. The molecular weight excluding hydrogens is 283 g/mol. The topological polar surface area (TPSA) is 20.2 Å². The van der Waals surface area contributed by atoms with Gasteiger partial charge in [-0.3, -0.25) is 0 Å². The summed E-state index contributed by atoms with van der Waals surface area (Å²) in [4.78, 5) is 0. The minimum Gasteiger partial charge on any atom is -0.393 e.